The molecule has 0 aliphatic carbocycles. The van der Waals surface area contributed by atoms with Gasteiger partial charge in [0.25, 0.3) is 5.91 Å². The molecule has 0 aromatic heterocycles. The van der Waals surface area contributed by atoms with Gasteiger partial charge in [-0.05, 0) is 35.9 Å². The minimum atomic E-state index is -0.791. The summed E-state index contributed by atoms with van der Waals surface area (Å²) in [6.45, 7) is 4.25. The third-order valence-corrected chi connectivity index (χ3v) is 5.97. The fraction of sp³-hybridized carbons (Fsp3) is 0.280. The smallest absolute Gasteiger partial charge is 0.266 e. The molecule has 5 nitrogen and oxygen atoms in total. The van der Waals surface area contributed by atoms with Crippen molar-refractivity contribution in [1.29, 1.82) is 0 Å². The number of fused-ring (bicyclic) bond motifs is 2. The second-order valence-electron chi connectivity index (χ2n) is 8.42. The Morgan fingerprint density at radius 1 is 0.867 bits per heavy atom. The van der Waals surface area contributed by atoms with E-state index in [1.165, 1.54) is 4.90 Å². The average molecular weight is 400 g/mol. The molecule has 3 aromatic rings. The van der Waals surface area contributed by atoms with Crippen LogP contribution in [0, 0.1) is 11.8 Å². The Labute approximate surface area is 175 Å². The molecule has 0 unspecified atom stereocenters. The lowest BCUT2D eigenvalue weighted by Gasteiger charge is -2.29. The van der Waals surface area contributed by atoms with E-state index in [1.807, 2.05) is 72.8 Å². The fourth-order valence-corrected chi connectivity index (χ4v) is 4.68. The molecular formula is C25H24N2O3. The van der Waals surface area contributed by atoms with Gasteiger partial charge in [0.15, 0.2) is 6.10 Å². The van der Waals surface area contributed by atoms with E-state index in [9.17, 15) is 9.59 Å². The van der Waals surface area contributed by atoms with Crippen molar-refractivity contribution < 1.29 is 14.4 Å². The predicted molar refractivity (Wildman–Crippen MR) is 117 cm³/mol. The number of carbonyl (C=O) groups is 2. The Morgan fingerprint density at radius 3 is 2.33 bits per heavy atom. The Balaban J connectivity index is 1.55. The van der Waals surface area contributed by atoms with E-state index in [0.717, 1.165) is 22.9 Å². The second kappa shape index (κ2) is 7.26. The van der Waals surface area contributed by atoms with Crippen molar-refractivity contribution in [2.75, 3.05) is 9.96 Å². The first-order valence-corrected chi connectivity index (χ1v) is 10.4. The van der Waals surface area contributed by atoms with Crippen LogP contribution in [0.3, 0.4) is 0 Å². The Bertz CT molecular complexity index is 1110. The van der Waals surface area contributed by atoms with Crippen molar-refractivity contribution in [3.05, 3.63) is 72.8 Å². The zero-order chi connectivity index (χ0) is 20.8. The Morgan fingerprint density at radius 2 is 1.57 bits per heavy atom. The van der Waals surface area contributed by atoms with Gasteiger partial charge >= 0.3 is 0 Å². The summed E-state index contributed by atoms with van der Waals surface area (Å²) in [6, 6.07) is 23.0. The number of carbonyl (C=O) groups excluding carboxylic acids is 2. The van der Waals surface area contributed by atoms with Gasteiger partial charge in [0.05, 0.1) is 23.3 Å². The van der Waals surface area contributed by atoms with Gasteiger partial charge in [-0.15, -0.1) is 0 Å². The number of hydroxylamine groups is 1. The minimum Gasteiger partial charge on any atom is -0.273 e. The monoisotopic (exact) mass is 400 g/mol. The van der Waals surface area contributed by atoms with Crippen LogP contribution in [0.4, 0.5) is 11.4 Å². The van der Waals surface area contributed by atoms with Crippen molar-refractivity contribution in [3.8, 4) is 0 Å². The molecule has 2 amide bonds. The van der Waals surface area contributed by atoms with Gasteiger partial charge in [0.2, 0.25) is 5.91 Å². The maximum absolute atomic E-state index is 13.6. The SMILES string of the molecule is CC(C)C[C@@H]1[C@@H]2C(=O)N(c3cccc4ccccc34)C(=O)[C@H]2ON1c1ccccc1. The number of amides is 2. The number of para-hydroxylation sites is 1. The normalized spacial score (nSPS) is 23.6. The highest BCUT2D eigenvalue weighted by atomic mass is 16.7. The second-order valence-corrected chi connectivity index (χ2v) is 8.42. The standard InChI is InChI=1S/C25H24N2O3/c1-16(2)15-21-22-23(30-27(21)18-11-4-3-5-12-18)25(29)26(24(22)28)20-14-8-10-17-9-6-7-13-19(17)20/h3-14,16,21-23H,15H2,1-2H3/t21-,22+,23+/m1/s1. The van der Waals surface area contributed by atoms with E-state index in [4.69, 9.17) is 4.84 Å². The molecule has 5 heteroatoms. The first-order valence-electron chi connectivity index (χ1n) is 10.4. The summed E-state index contributed by atoms with van der Waals surface area (Å²) in [5.41, 5.74) is 1.51. The lowest BCUT2D eigenvalue weighted by atomic mass is 9.90. The third-order valence-electron chi connectivity index (χ3n) is 5.97. The highest BCUT2D eigenvalue weighted by Crippen LogP contribution is 2.43. The van der Waals surface area contributed by atoms with Crippen molar-refractivity contribution in [2.24, 2.45) is 11.8 Å². The zero-order valence-corrected chi connectivity index (χ0v) is 17.1. The minimum absolute atomic E-state index is 0.176. The summed E-state index contributed by atoms with van der Waals surface area (Å²) < 4.78 is 0. The molecule has 152 valence electrons. The molecule has 2 saturated heterocycles. The molecule has 3 atom stereocenters. The number of rotatable bonds is 4. The van der Waals surface area contributed by atoms with E-state index < -0.39 is 12.0 Å². The molecule has 3 aromatic carbocycles. The van der Waals surface area contributed by atoms with Gasteiger partial charge < -0.3 is 0 Å². The van der Waals surface area contributed by atoms with Crippen LogP contribution in [-0.4, -0.2) is 24.0 Å². The highest BCUT2D eigenvalue weighted by molar-refractivity contribution is 6.26. The summed E-state index contributed by atoms with van der Waals surface area (Å²) in [4.78, 5) is 34.5. The van der Waals surface area contributed by atoms with Gasteiger partial charge in [0, 0.05) is 5.39 Å². The van der Waals surface area contributed by atoms with Crippen LogP contribution < -0.4 is 9.96 Å². The van der Waals surface area contributed by atoms with E-state index in [0.29, 0.717) is 11.6 Å². The highest BCUT2D eigenvalue weighted by Gasteiger charge is 2.59. The van der Waals surface area contributed by atoms with Crippen LogP contribution in [0.5, 0.6) is 0 Å². The predicted octanol–water partition coefficient (Wildman–Crippen LogP) is 4.56. The maximum atomic E-state index is 13.6. The lowest BCUT2D eigenvalue weighted by molar-refractivity contribution is -0.126. The number of hydrogen-bond acceptors (Lipinski definition) is 4. The molecule has 0 N–H and O–H groups in total. The van der Waals surface area contributed by atoms with E-state index in [2.05, 4.69) is 13.8 Å². The molecule has 0 saturated carbocycles. The van der Waals surface area contributed by atoms with E-state index in [-0.39, 0.29) is 17.9 Å². The number of nitrogens with zero attached hydrogens (tertiary/aromatic N) is 2. The molecule has 0 bridgehead atoms. The number of imide groups is 1. The number of benzene rings is 3. The van der Waals surface area contributed by atoms with Crippen molar-refractivity contribution in [1.82, 2.24) is 0 Å². The summed E-state index contributed by atoms with van der Waals surface area (Å²) >= 11 is 0. The molecule has 5 rings (SSSR count). The van der Waals surface area contributed by atoms with Crippen molar-refractivity contribution in [2.45, 2.75) is 32.4 Å². The molecule has 2 fully saturated rings. The van der Waals surface area contributed by atoms with Gasteiger partial charge in [-0.25, -0.2) is 9.96 Å². The van der Waals surface area contributed by atoms with Gasteiger partial charge in [-0.3, -0.25) is 14.4 Å². The first kappa shape index (κ1) is 18.8. The third kappa shape index (κ3) is 2.89. The molecule has 2 aliphatic heterocycles. The van der Waals surface area contributed by atoms with Gasteiger partial charge in [0.1, 0.15) is 0 Å². The lowest BCUT2D eigenvalue weighted by Crippen LogP contribution is -2.41. The van der Waals surface area contributed by atoms with Crippen LogP contribution in [0.25, 0.3) is 10.8 Å². The Kier molecular flexibility index (Phi) is 4.55. The maximum Gasteiger partial charge on any atom is 0.266 e. The molecule has 30 heavy (non-hydrogen) atoms. The number of anilines is 2. The molecule has 0 spiro atoms. The van der Waals surface area contributed by atoms with Crippen LogP contribution in [0.2, 0.25) is 0 Å². The first-order chi connectivity index (χ1) is 14.6. The largest absolute Gasteiger partial charge is 0.273 e. The van der Waals surface area contributed by atoms with Crippen LogP contribution in [0.15, 0.2) is 72.8 Å². The summed E-state index contributed by atoms with van der Waals surface area (Å²) in [5.74, 6) is -0.615. The van der Waals surface area contributed by atoms with E-state index >= 15 is 0 Å². The summed E-state index contributed by atoms with van der Waals surface area (Å²) in [5, 5.41) is 3.67. The van der Waals surface area contributed by atoms with Crippen molar-refractivity contribution in [3.63, 3.8) is 0 Å². The average Bonchev–Trinajstić information content (AvgIpc) is 3.24. The van der Waals surface area contributed by atoms with E-state index in [1.54, 1.807) is 5.06 Å². The van der Waals surface area contributed by atoms with Gasteiger partial charge in [-0.2, -0.15) is 0 Å². The Hall–Kier alpha value is -3.18. The summed E-state index contributed by atoms with van der Waals surface area (Å²) in [6.07, 6.45) is -0.0289. The van der Waals surface area contributed by atoms with Crippen LogP contribution >= 0.6 is 0 Å². The van der Waals surface area contributed by atoms with Crippen LogP contribution in [-0.2, 0) is 14.4 Å². The molecule has 2 heterocycles. The molecule has 0 radical (unpaired) electrons. The van der Waals surface area contributed by atoms with Gasteiger partial charge in [-0.1, -0.05) is 68.4 Å². The topological polar surface area (TPSA) is 49.9 Å². The zero-order valence-electron chi connectivity index (χ0n) is 17.1. The fourth-order valence-electron chi connectivity index (χ4n) is 4.68. The number of hydrogen-bond donors (Lipinski definition) is 0. The molecule has 2 aliphatic rings. The van der Waals surface area contributed by atoms with Crippen molar-refractivity contribution >= 4 is 34.0 Å². The molecular weight excluding hydrogens is 376 g/mol. The van der Waals surface area contributed by atoms with Crippen LogP contribution in [0.1, 0.15) is 20.3 Å². The quantitative estimate of drug-likeness (QED) is 0.602. The summed E-state index contributed by atoms with van der Waals surface area (Å²) in [7, 11) is 0.